The van der Waals surface area contributed by atoms with Crippen molar-refractivity contribution in [3.8, 4) is 11.5 Å². The molecule has 5 heteroatoms. The van der Waals surface area contributed by atoms with E-state index in [9.17, 15) is 9.18 Å². The number of ether oxygens (including phenoxy) is 2. The van der Waals surface area contributed by atoms with Crippen molar-refractivity contribution in [2.24, 2.45) is 0 Å². The molecule has 0 unspecified atom stereocenters. The van der Waals surface area contributed by atoms with Gasteiger partial charge in [-0.3, -0.25) is 4.79 Å². The van der Waals surface area contributed by atoms with Gasteiger partial charge in [0.1, 0.15) is 5.82 Å². The molecule has 4 nitrogen and oxygen atoms in total. The maximum Gasteiger partial charge on any atom is 0.304 e. The van der Waals surface area contributed by atoms with Crippen LogP contribution in [0.2, 0.25) is 0 Å². The average molecular weight is 266 g/mol. The molecule has 1 aromatic rings. The van der Waals surface area contributed by atoms with Crippen molar-refractivity contribution < 1.29 is 23.8 Å². The summed E-state index contributed by atoms with van der Waals surface area (Å²) in [7, 11) is 0. The Kier molecular flexibility index (Phi) is 2.84. The molecule has 0 bridgehead atoms. The van der Waals surface area contributed by atoms with Crippen molar-refractivity contribution in [2.75, 3.05) is 13.2 Å². The van der Waals surface area contributed by atoms with Crippen LogP contribution in [0.15, 0.2) is 12.1 Å². The van der Waals surface area contributed by atoms with Crippen molar-refractivity contribution in [1.82, 2.24) is 0 Å². The number of hydrogen-bond acceptors (Lipinski definition) is 3. The van der Waals surface area contributed by atoms with Crippen molar-refractivity contribution >= 4 is 5.97 Å². The molecule has 1 heterocycles. The summed E-state index contributed by atoms with van der Waals surface area (Å²) in [5.41, 5.74) is -0.232. The summed E-state index contributed by atoms with van der Waals surface area (Å²) < 4.78 is 25.3. The normalized spacial score (nSPS) is 19.6. The summed E-state index contributed by atoms with van der Waals surface area (Å²) in [5, 5.41) is 9.01. The first-order valence-electron chi connectivity index (χ1n) is 6.43. The highest BCUT2D eigenvalue weighted by Crippen LogP contribution is 2.56. The monoisotopic (exact) mass is 266 g/mol. The fraction of sp³-hybridized carbons (Fsp3) is 0.500. The molecule has 1 saturated carbocycles. The zero-order valence-corrected chi connectivity index (χ0v) is 10.4. The lowest BCUT2D eigenvalue weighted by molar-refractivity contribution is -0.137. The van der Waals surface area contributed by atoms with Crippen molar-refractivity contribution in [2.45, 2.75) is 31.1 Å². The minimum Gasteiger partial charge on any atom is -0.490 e. The highest BCUT2D eigenvalue weighted by molar-refractivity contribution is 5.71. The highest BCUT2D eigenvalue weighted by atomic mass is 19.1. The summed E-state index contributed by atoms with van der Waals surface area (Å²) in [6.07, 6.45) is 2.03. The molecule has 1 aliphatic heterocycles. The van der Waals surface area contributed by atoms with Gasteiger partial charge in [0, 0.05) is 17.4 Å². The van der Waals surface area contributed by atoms with Gasteiger partial charge in [0.15, 0.2) is 11.5 Å². The summed E-state index contributed by atoms with van der Waals surface area (Å²) in [6, 6.07) is 2.89. The second-order valence-electron chi connectivity index (χ2n) is 5.15. The molecule has 3 rings (SSSR count). The van der Waals surface area contributed by atoms with Crippen LogP contribution in [0.5, 0.6) is 11.5 Å². The molecule has 0 spiro atoms. The van der Waals surface area contributed by atoms with E-state index in [4.69, 9.17) is 14.6 Å². The third kappa shape index (κ3) is 2.13. The Labute approximate surface area is 110 Å². The van der Waals surface area contributed by atoms with E-state index in [1.54, 1.807) is 6.07 Å². The predicted octanol–water partition coefficient (Wildman–Crippen LogP) is 2.49. The van der Waals surface area contributed by atoms with Gasteiger partial charge in [-0.05, 0) is 25.0 Å². The van der Waals surface area contributed by atoms with E-state index in [-0.39, 0.29) is 6.42 Å². The largest absolute Gasteiger partial charge is 0.490 e. The van der Waals surface area contributed by atoms with Gasteiger partial charge in [0.05, 0.1) is 19.6 Å². The topological polar surface area (TPSA) is 55.8 Å². The molecular formula is C14H15FO4. The quantitative estimate of drug-likeness (QED) is 0.913. The Morgan fingerprint density at radius 1 is 1.32 bits per heavy atom. The van der Waals surface area contributed by atoms with Crippen LogP contribution < -0.4 is 9.47 Å². The molecule has 0 radical (unpaired) electrons. The van der Waals surface area contributed by atoms with E-state index in [1.807, 2.05) is 0 Å². The van der Waals surface area contributed by atoms with E-state index < -0.39 is 17.2 Å². The fourth-order valence-corrected chi connectivity index (χ4v) is 2.66. The number of benzene rings is 1. The van der Waals surface area contributed by atoms with E-state index >= 15 is 0 Å². The molecular weight excluding hydrogens is 251 g/mol. The summed E-state index contributed by atoms with van der Waals surface area (Å²) in [6.45, 7) is 0.997. The fourth-order valence-electron chi connectivity index (χ4n) is 2.66. The SMILES string of the molecule is O=C(O)CC1(c2c(F)ccc3c2OCCCO3)CC1. The Morgan fingerprint density at radius 3 is 2.74 bits per heavy atom. The van der Waals surface area contributed by atoms with Crippen LogP contribution in [0.1, 0.15) is 31.2 Å². The molecule has 1 fully saturated rings. The lowest BCUT2D eigenvalue weighted by atomic mass is 9.90. The predicted molar refractivity (Wildman–Crippen MR) is 65.2 cm³/mol. The Bertz CT molecular complexity index is 522. The third-order valence-corrected chi connectivity index (χ3v) is 3.74. The number of carboxylic acid groups (broad SMARTS) is 1. The van der Waals surface area contributed by atoms with Gasteiger partial charge in [0.25, 0.3) is 0 Å². The number of carboxylic acids is 1. The molecule has 102 valence electrons. The van der Waals surface area contributed by atoms with Crippen LogP contribution >= 0.6 is 0 Å². The van der Waals surface area contributed by atoms with Gasteiger partial charge < -0.3 is 14.6 Å². The number of fused-ring (bicyclic) bond motifs is 1. The zero-order valence-electron chi connectivity index (χ0n) is 10.4. The van der Waals surface area contributed by atoms with Gasteiger partial charge in [-0.2, -0.15) is 0 Å². The van der Waals surface area contributed by atoms with E-state index in [0.717, 1.165) is 6.42 Å². The molecule has 1 aliphatic carbocycles. The Morgan fingerprint density at radius 2 is 2.05 bits per heavy atom. The second kappa shape index (κ2) is 4.40. The third-order valence-electron chi connectivity index (χ3n) is 3.74. The molecule has 0 amide bonds. The van der Waals surface area contributed by atoms with E-state index in [2.05, 4.69) is 0 Å². The summed E-state index contributed by atoms with van der Waals surface area (Å²) in [4.78, 5) is 11.0. The summed E-state index contributed by atoms with van der Waals surface area (Å²) in [5.74, 6) is -0.395. The van der Waals surface area contributed by atoms with E-state index in [0.29, 0.717) is 43.1 Å². The molecule has 0 aromatic heterocycles. The van der Waals surface area contributed by atoms with Crippen LogP contribution in [0.3, 0.4) is 0 Å². The van der Waals surface area contributed by atoms with E-state index in [1.165, 1.54) is 6.07 Å². The van der Waals surface area contributed by atoms with Gasteiger partial charge in [-0.15, -0.1) is 0 Å². The maximum atomic E-state index is 14.2. The molecule has 1 N–H and O–H groups in total. The first kappa shape index (κ1) is 12.3. The number of rotatable bonds is 3. The summed E-state index contributed by atoms with van der Waals surface area (Å²) >= 11 is 0. The van der Waals surface area contributed by atoms with Gasteiger partial charge in [0.2, 0.25) is 0 Å². The van der Waals surface area contributed by atoms with Gasteiger partial charge in [-0.25, -0.2) is 4.39 Å². The Hall–Kier alpha value is -1.78. The minimum atomic E-state index is -0.913. The lowest BCUT2D eigenvalue weighted by Crippen LogP contribution is -2.16. The molecule has 0 saturated heterocycles. The molecule has 0 atom stereocenters. The standard InChI is InChI=1S/C14H15FO4/c15-9-2-3-10-13(19-7-1-6-18-10)12(9)14(4-5-14)8-11(16)17/h2-3H,1,4-8H2,(H,16,17). The molecule has 1 aromatic carbocycles. The zero-order chi connectivity index (χ0) is 13.5. The van der Waals surface area contributed by atoms with Crippen molar-refractivity contribution in [1.29, 1.82) is 0 Å². The van der Waals surface area contributed by atoms with Crippen molar-refractivity contribution in [3.63, 3.8) is 0 Å². The van der Waals surface area contributed by atoms with Crippen molar-refractivity contribution in [3.05, 3.63) is 23.5 Å². The minimum absolute atomic E-state index is 0.0657. The van der Waals surface area contributed by atoms with Crippen LogP contribution in [0, 0.1) is 5.82 Å². The molecule has 2 aliphatic rings. The van der Waals surface area contributed by atoms with Crippen LogP contribution in [-0.4, -0.2) is 24.3 Å². The lowest BCUT2D eigenvalue weighted by Gasteiger charge is -2.19. The number of carbonyl (C=O) groups is 1. The smallest absolute Gasteiger partial charge is 0.304 e. The van der Waals surface area contributed by atoms with Crippen LogP contribution in [0.25, 0.3) is 0 Å². The highest BCUT2D eigenvalue weighted by Gasteiger charge is 2.50. The van der Waals surface area contributed by atoms with Gasteiger partial charge in [-0.1, -0.05) is 0 Å². The number of halogens is 1. The van der Waals surface area contributed by atoms with Crippen LogP contribution in [-0.2, 0) is 10.2 Å². The average Bonchev–Trinajstić information content (AvgIpc) is 3.12. The second-order valence-corrected chi connectivity index (χ2v) is 5.15. The van der Waals surface area contributed by atoms with Crippen LogP contribution in [0.4, 0.5) is 4.39 Å². The number of aliphatic carboxylic acids is 1. The Balaban J connectivity index is 2.07. The maximum absolute atomic E-state index is 14.2. The number of hydrogen-bond donors (Lipinski definition) is 1. The molecule has 19 heavy (non-hydrogen) atoms. The van der Waals surface area contributed by atoms with Gasteiger partial charge >= 0.3 is 5.97 Å². The first-order chi connectivity index (χ1) is 9.12. The first-order valence-corrected chi connectivity index (χ1v) is 6.43.